The summed E-state index contributed by atoms with van der Waals surface area (Å²) in [4.78, 5) is 3.97. The number of phenolic OH excluding ortho intramolecular Hbond substituents is 1. The van der Waals surface area contributed by atoms with Crippen molar-refractivity contribution >= 4 is 6.21 Å². The molecule has 1 unspecified atom stereocenters. The lowest BCUT2D eigenvalue weighted by molar-refractivity contribution is -0.248. The first-order chi connectivity index (χ1) is 9.93. The van der Waals surface area contributed by atoms with Crippen LogP contribution in [0.25, 0.3) is 0 Å². The number of aliphatic imine (C=N–C) groups is 1. The molecule has 1 fully saturated rings. The van der Waals surface area contributed by atoms with E-state index in [-0.39, 0.29) is 5.75 Å². The Morgan fingerprint density at radius 2 is 1.95 bits per heavy atom. The number of aliphatic hydroxyl groups is 4. The molecule has 0 spiro atoms. The largest absolute Gasteiger partial charge is 0.507 e. The predicted molar refractivity (Wildman–Crippen MR) is 74.2 cm³/mol. The zero-order valence-electron chi connectivity index (χ0n) is 11.5. The van der Waals surface area contributed by atoms with Crippen molar-refractivity contribution in [2.75, 3.05) is 6.61 Å². The average Bonchev–Trinajstić information content (AvgIpc) is 2.44. The zero-order chi connectivity index (χ0) is 15.6. The topological polar surface area (TPSA) is 123 Å². The van der Waals surface area contributed by atoms with Gasteiger partial charge in [0.05, 0.1) is 6.61 Å². The second kappa shape index (κ2) is 6.50. The van der Waals surface area contributed by atoms with E-state index in [1.807, 2.05) is 6.92 Å². The second-order valence-corrected chi connectivity index (χ2v) is 5.06. The number of aromatic hydroxyl groups is 1. The predicted octanol–water partition coefficient (Wildman–Crippen LogP) is -1.08. The summed E-state index contributed by atoms with van der Waals surface area (Å²) in [6.45, 7) is 1.30. The van der Waals surface area contributed by atoms with Gasteiger partial charge in [-0.05, 0) is 24.6 Å². The van der Waals surface area contributed by atoms with Gasteiger partial charge in [0, 0.05) is 11.8 Å². The highest BCUT2D eigenvalue weighted by molar-refractivity contribution is 5.83. The van der Waals surface area contributed by atoms with Crippen molar-refractivity contribution in [3.63, 3.8) is 0 Å². The van der Waals surface area contributed by atoms with E-state index in [0.29, 0.717) is 5.56 Å². The van der Waals surface area contributed by atoms with Crippen molar-refractivity contribution < 1.29 is 30.3 Å². The standard InChI is InChI=1S/C14H19NO6/c1-7-2-3-8(9(17)4-7)5-15-11-13(19)12(18)10(6-16)21-14(11)20/h2-5,10-14,16-20H,6H2,1H3/t10-,11-,12-,13-,14?/m1/s1. The second-order valence-electron chi connectivity index (χ2n) is 5.06. The van der Waals surface area contributed by atoms with E-state index in [4.69, 9.17) is 9.84 Å². The van der Waals surface area contributed by atoms with Crippen LogP contribution < -0.4 is 0 Å². The third-order valence-electron chi connectivity index (χ3n) is 3.44. The van der Waals surface area contributed by atoms with Crippen molar-refractivity contribution in [2.24, 2.45) is 4.99 Å². The van der Waals surface area contributed by atoms with Crippen LogP contribution in [0.15, 0.2) is 23.2 Å². The molecule has 7 nitrogen and oxygen atoms in total. The summed E-state index contributed by atoms with van der Waals surface area (Å²) in [7, 11) is 0. The van der Waals surface area contributed by atoms with Crippen LogP contribution in [0, 0.1) is 6.92 Å². The number of nitrogens with zero attached hydrogens (tertiary/aromatic N) is 1. The fourth-order valence-corrected chi connectivity index (χ4v) is 2.17. The molecule has 0 radical (unpaired) electrons. The molecule has 7 heteroatoms. The molecule has 1 aromatic carbocycles. The average molecular weight is 297 g/mol. The van der Waals surface area contributed by atoms with E-state index in [1.165, 1.54) is 6.21 Å². The Morgan fingerprint density at radius 1 is 1.24 bits per heavy atom. The quantitative estimate of drug-likeness (QED) is 0.452. The van der Waals surface area contributed by atoms with Crippen molar-refractivity contribution in [2.45, 2.75) is 37.6 Å². The molecule has 21 heavy (non-hydrogen) atoms. The first-order valence-corrected chi connectivity index (χ1v) is 6.57. The molecule has 1 heterocycles. The van der Waals surface area contributed by atoms with Crippen molar-refractivity contribution in [1.82, 2.24) is 0 Å². The van der Waals surface area contributed by atoms with Gasteiger partial charge in [0.1, 0.15) is 30.1 Å². The van der Waals surface area contributed by atoms with Crippen LogP contribution in [0.4, 0.5) is 0 Å². The Balaban J connectivity index is 2.16. The third-order valence-corrected chi connectivity index (χ3v) is 3.44. The number of rotatable bonds is 3. The van der Waals surface area contributed by atoms with Crippen LogP contribution in [-0.2, 0) is 4.74 Å². The SMILES string of the molecule is Cc1ccc(C=N[C@H]2C(O)O[C@H](CO)[C@@H](O)[C@@H]2O)c(O)c1. The number of aliphatic hydroxyl groups excluding tert-OH is 4. The van der Waals surface area contributed by atoms with Gasteiger partial charge in [-0.3, -0.25) is 4.99 Å². The third kappa shape index (κ3) is 3.39. The van der Waals surface area contributed by atoms with Gasteiger partial charge in [0.2, 0.25) is 0 Å². The number of benzene rings is 1. The van der Waals surface area contributed by atoms with Gasteiger partial charge >= 0.3 is 0 Å². The maximum Gasteiger partial charge on any atom is 0.180 e. The first kappa shape index (κ1) is 15.9. The van der Waals surface area contributed by atoms with E-state index in [0.717, 1.165) is 5.56 Å². The maximum absolute atomic E-state index is 9.92. The molecule has 1 aliphatic rings. The Bertz CT molecular complexity index is 520. The minimum atomic E-state index is -1.45. The Morgan fingerprint density at radius 3 is 2.57 bits per heavy atom. The lowest BCUT2D eigenvalue weighted by Gasteiger charge is -2.38. The van der Waals surface area contributed by atoms with Crippen LogP contribution in [0.3, 0.4) is 0 Å². The van der Waals surface area contributed by atoms with Crippen LogP contribution in [0.1, 0.15) is 11.1 Å². The summed E-state index contributed by atoms with van der Waals surface area (Å²) >= 11 is 0. The molecular formula is C14H19NO6. The molecule has 0 saturated carbocycles. The van der Waals surface area contributed by atoms with E-state index in [2.05, 4.69) is 4.99 Å². The van der Waals surface area contributed by atoms with Crippen molar-refractivity contribution in [1.29, 1.82) is 0 Å². The van der Waals surface area contributed by atoms with Crippen LogP contribution in [0.2, 0.25) is 0 Å². The van der Waals surface area contributed by atoms with Gasteiger partial charge in [0.15, 0.2) is 6.29 Å². The first-order valence-electron chi connectivity index (χ1n) is 6.57. The lowest BCUT2D eigenvalue weighted by atomic mass is 9.97. The fourth-order valence-electron chi connectivity index (χ4n) is 2.17. The van der Waals surface area contributed by atoms with Gasteiger partial charge in [-0.2, -0.15) is 0 Å². The molecule has 0 amide bonds. The van der Waals surface area contributed by atoms with Crippen molar-refractivity contribution in [3.05, 3.63) is 29.3 Å². The molecule has 1 aromatic rings. The summed E-state index contributed by atoms with van der Waals surface area (Å²) in [5.74, 6) is 0.0215. The summed E-state index contributed by atoms with van der Waals surface area (Å²) in [5.41, 5.74) is 1.30. The minimum absolute atomic E-state index is 0.0215. The molecule has 0 bridgehead atoms. The Hall–Kier alpha value is -1.51. The number of aryl methyl sites for hydroxylation is 1. The monoisotopic (exact) mass is 297 g/mol. The molecule has 5 N–H and O–H groups in total. The molecule has 1 aliphatic heterocycles. The highest BCUT2D eigenvalue weighted by Crippen LogP contribution is 2.23. The summed E-state index contributed by atoms with van der Waals surface area (Å²) < 4.78 is 4.99. The Kier molecular flexibility index (Phi) is 4.92. The molecule has 0 aromatic heterocycles. The fraction of sp³-hybridized carbons (Fsp3) is 0.500. The summed E-state index contributed by atoms with van der Waals surface area (Å²) in [5, 5.41) is 48.2. The molecule has 116 valence electrons. The number of hydrogen-bond acceptors (Lipinski definition) is 7. The highest BCUT2D eigenvalue weighted by atomic mass is 16.6. The molecule has 0 aliphatic carbocycles. The zero-order valence-corrected chi connectivity index (χ0v) is 11.5. The van der Waals surface area contributed by atoms with Crippen LogP contribution in [-0.4, -0.2) is 69.0 Å². The maximum atomic E-state index is 9.92. The summed E-state index contributed by atoms with van der Waals surface area (Å²) in [6.07, 6.45) is -3.96. The van der Waals surface area contributed by atoms with Crippen LogP contribution in [0.5, 0.6) is 5.75 Å². The lowest BCUT2D eigenvalue weighted by Crippen LogP contribution is -2.57. The van der Waals surface area contributed by atoms with Gasteiger partial charge in [-0.15, -0.1) is 0 Å². The van der Waals surface area contributed by atoms with E-state index in [9.17, 15) is 20.4 Å². The molecule has 5 atom stereocenters. The van der Waals surface area contributed by atoms with Gasteiger partial charge in [-0.1, -0.05) is 6.07 Å². The number of ether oxygens (including phenoxy) is 1. The van der Waals surface area contributed by atoms with E-state index >= 15 is 0 Å². The van der Waals surface area contributed by atoms with Crippen molar-refractivity contribution in [3.8, 4) is 5.75 Å². The van der Waals surface area contributed by atoms with Gasteiger partial charge < -0.3 is 30.3 Å². The summed E-state index contributed by atoms with van der Waals surface area (Å²) in [6, 6.07) is 3.87. The van der Waals surface area contributed by atoms with E-state index in [1.54, 1.807) is 18.2 Å². The highest BCUT2D eigenvalue weighted by Gasteiger charge is 2.43. The van der Waals surface area contributed by atoms with Gasteiger partial charge in [-0.25, -0.2) is 0 Å². The minimum Gasteiger partial charge on any atom is -0.507 e. The number of phenols is 1. The van der Waals surface area contributed by atoms with E-state index < -0.39 is 37.3 Å². The smallest absolute Gasteiger partial charge is 0.180 e. The van der Waals surface area contributed by atoms with Gasteiger partial charge in [0.25, 0.3) is 0 Å². The molecule has 2 rings (SSSR count). The molecule has 1 saturated heterocycles. The Labute approximate surface area is 121 Å². The van der Waals surface area contributed by atoms with Crippen LogP contribution >= 0.6 is 0 Å². The number of hydrogen-bond donors (Lipinski definition) is 5. The normalized spacial score (nSPS) is 33.5. The molecular weight excluding hydrogens is 278 g/mol.